The minimum atomic E-state index is 0. The van der Waals surface area contributed by atoms with E-state index in [9.17, 15) is 0 Å². The molecule has 0 spiro atoms. The van der Waals surface area contributed by atoms with Gasteiger partial charge >= 0.3 is 0 Å². The summed E-state index contributed by atoms with van der Waals surface area (Å²) in [6.45, 7) is 2.11. The molecule has 3 aliphatic carbocycles. The summed E-state index contributed by atoms with van der Waals surface area (Å²) in [5.74, 6) is 2.40. The van der Waals surface area contributed by atoms with Gasteiger partial charge in [0.25, 0.3) is 0 Å². The van der Waals surface area contributed by atoms with E-state index in [1.165, 1.54) is 33.4 Å². The van der Waals surface area contributed by atoms with Gasteiger partial charge in [-0.05, 0) is 69.6 Å². The largest absolute Gasteiger partial charge is 0.509 e. The Balaban J connectivity index is 0.00000363. The first-order valence-electron chi connectivity index (χ1n) is 18.7. The van der Waals surface area contributed by atoms with Crippen LogP contribution in [0.15, 0.2) is 170 Å². The molecule has 7 aromatic carbocycles. The molecule has 0 fully saturated rings. The molecule has 270 valence electrons. The Morgan fingerprint density at radius 1 is 0.518 bits per heavy atom. The molecule has 4 aliphatic rings. The zero-order valence-electron chi connectivity index (χ0n) is 29.9. The Morgan fingerprint density at radius 2 is 1.16 bits per heavy atom. The Morgan fingerprint density at radius 3 is 1.93 bits per heavy atom. The van der Waals surface area contributed by atoms with Crippen LogP contribution in [-0.2, 0) is 21.1 Å². The van der Waals surface area contributed by atoms with Gasteiger partial charge in [-0.2, -0.15) is 12.1 Å². The van der Waals surface area contributed by atoms with Crippen LogP contribution in [-0.4, -0.2) is 9.55 Å². The zero-order chi connectivity index (χ0) is 36.0. The predicted octanol–water partition coefficient (Wildman–Crippen LogP) is 12.0. The Kier molecular flexibility index (Phi) is 7.55. The van der Waals surface area contributed by atoms with Crippen molar-refractivity contribution in [3.63, 3.8) is 0 Å². The van der Waals surface area contributed by atoms with Gasteiger partial charge in [-0.25, -0.2) is 4.98 Å². The van der Waals surface area contributed by atoms with Crippen LogP contribution in [0.2, 0.25) is 0 Å². The summed E-state index contributed by atoms with van der Waals surface area (Å²) in [5, 5.41) is 2.26. The van der Waals surface area contributed by atoms with Crippen LogP contribution in [0.1, 0.15) is 45.2 Å². The maximum atomic E-state index is 6.63. The van der Waals surface area contributed by atoms with Crippen molar-refractivity contribution in [2.75, 3.05) is 9.80 Å². The van der Waals surface area contributed by atoms with Gasteiger partial charge in [0.15, 0.2) is 0 Å². The van der Waals surface area contributed by atoms with Gasteiger partial charge in [0, 0.05) is 78.7 Å². The number of hydrogen-bond acceptors (Lipinski definition) is 4. The number of rotatable bonds is 5. The molecule has 1 aliphatic heterocycles. The van der Waals surface area contributed by atoms with Crippen molar-refractivity contribution >= 4 is 44.6 Å². The molecular weight excluding hydrogens is 868 g/mol. The van der Waals surface area contributed by atoms with E-state index in [-0.39, 0.29) is 32.9 Å². The molecule has 6 heteroatoms. The molecule has 3 heterocycles. The minimum absolute atomic E-state index is 0. The molecule has 13 rings (SSSR count). The molecule has 2 bridgehead atoms. The van der Waals surface area contributed by atoms with Crippen LogP contribution >= 0.6 is 0 Å². The maximum Gasteiger partial charge on any atom is 0.140 e. The van der Waals surface area contributed by atoms with Gasteiger partial charge in [0.05, 0.1) is 0 Å². The summed E-state index contributed by atoms with van der Waals surface area (Å²) >= 11 is 0. The number of benzene rings is 7. The van der Waals surface area contributed by atoms with Crippen molar-refractivity contribution < 1.29 is 25.8 Å². The van der Waals surface area contributed by atoms with Crippen molar-refractivity contribution in [2.45, 2.75) is 11.8 Å². The van der Waals surface area contributed by atoms with Crippen molar-refractivity contribution in [2.24, 2.45) is 0 Å². The number of hydrogen-bond donors (Lipinski definition) is 0. The summed E-state index contributed by atoms with van der Waals surface area (Å²) in [6, 6.07) is 65.0. The number of nitrogens with zero attached hydrogens (tertiary/aromatic N) is 4. The van der Waals surface area contributed by atoms with E-state index in [2.05, 4.69) is 173 Å². The van der Waals surface area contributed by atoms with E-state index in [0.717, 1.165) is 50.4 Å². The molecule has 9 aromatic rings. The maximum absolute atomic E-state index is 6.63. The van der Waals surface area contributed by atoms with Crippen LogP contribution in [0, 0.1) is 18.8 Å². The fourth-order valence-electron chi connectivity index (χ4n) is 9.26. The van der Waals surface area contributed by atoms with Crippen molar-refractivity contribution in [1.29, 1.82) is 0 Å². The van der Waals surface area contributed by atoms with Gasteiger partial charge < -0.3 is 19.1 Å². The molecule has 2 aromatic heterocycles. The molecule has 56 heavy (non-hydrogen) atoms. The van der Waals surface area contributed by atoms with Crippen molar-refractivity contribution in [3.8, 4) is 17.3 Å². The number of anilines is 4. The van der Waals surface area contributed by atoms with Crippen molar-refractivity contribution in [3.05, 3.63) is 222 Å². The summed E-state index contributed by atoms with van der Waals surface area (Å²) in [5.41, 5.74) is 14.3. The first-order chi connectivity index (χ1) is 27.3. The fourth-order valence-corrected chi connectivity index (χ4v) is 9.26. The predicted molar refractivity (Wildman–Crippen MR) is 219 cm³/mol. The van der Waals surface area contributed by atoms with Gasteiger partial charge in [0.1, 0.15) is 5.82 Å². The van der Waals surface area contributed by atoms with Gasteiger partial charge in [-0.3, -0.25) is 0 Å². The van der Waals surface area contributed by atoms with Gasteiger partial charge in [-0.1, -0.05) is 103 Å². The number of para-hydroxylation sites is 4. The molecule has 0 saturated heterocycles. The normalized spacial score (nSPS) is 15.9. The van der Waals surface area contributed by atoms with E-state index < -0.39 is 0 Å². The van der Waals surface area contributed by atoms with Crippen LogP contribution in [0.3, 0.4) is 0 Å². The third-order valence-electron chi connectivity index (χ3n) is 11.5. The van der Waals surface area contributed by atoms with Crippen LogP contribution in [0.5, 0.6) is 11.5 Å². The minimum Gasteiger partial charge on any atom is -0.509 e. The standard InChI is InChI=1S/C50H31N4O.Pt/c1-2-13-32(14-3-1)52-31-53(45-24-11-10-23-44(45)52)33-15-12-16-34(29-33)55-35-25-26-37-36-17-8-9-22-43(36)54(46(37)30-35)50-49-42(27-28-51-50)47-38-18-4-6-20-40(38)48(49)41-21-7-5-19-39(41)47;/h1-28,31,47-48H;/q-3;. The van der Waals surface area contributed by atoms with E-state index >= 15 is 0 Å². The van der Waals surface area contributed by atoms with Crippen LogP contribution < -0.4 is 14.5 Å². The molecule has 0 amide bonds. The third-order valence-corrected chi connectivity index (χ3v) is 11.5. The van der Waals surface area contributed by atoms with E-state index in [1.54, 1.807) is 0 Å². The Labute approximate surface area is 339 Å². The second-order valence-electron chi connectivity index (χ2n) is 14.4. The quantitative estimate of drug-likeness (QED) is 0.161. The monoisotopic (exact) mass is 898 g/mol. The summed E-state index contributed by atoms with van der Waals surface area (Å²) < 4.78 is 8.93. The van der Waals surface area contributed by atoms with E-state index in [1.807, 2.05) is 30.5 Å². The second kappa shape index (κ2) is 12.8. The molecule has 5 nitrogen and oxygen atoms in total. The second-order valence-corrected chi connectivity index (χ2v) is 14.4. The van der Waals surface area contributed by atoms with Crippen LogP contribution in [0.25, 0.3) is 27.6 Å². The van der Waals surface area contributed by atoms with Crippen LogP contribution in [0.4, 0.5) is 22.7 Å². The molecule has 0 N–H and O–H groups in total. The van der Waals surface area contributed by atoms with Gasteiger partial charge in [-0.15, -0.1) is 48.1 Å². The Hall–Kier alpha value is -6.42. The smallest absolute Gasteiger partial charge is 0.140 e. The molecule has 0 unspecified atom stereocenters. The molecule has 0 radical (unpaired) electrons. The first-order valence-corrected chi connectivity index (χ1v) is 18.7. The number of pyridine rings is 1. The van der Waals surface area contributed by atoms with E-state index in [4.69, 9.17) is 9.72 Å². The number of ether oxygens (including phenoxy) is 1. The molecule has 0 atom stereocenters. The number of fused-ring (bicyclic) bond motifs is 4. The van der Waals surface area contributed by atoms with Crippen molar-refractivity contribution in [1.82, 2.24) is 9.55 Å². The average molecular weight is 899 g/mol. The Bertz CT molecular complexity index is 2940. The summed E-state index contributed by atoms with van der Waals surface area (Å²) in [6.07, 6.45) is 1.98. The summed E-state index contributed by atoms with van der Waals surface area (Å²) in [7, 11) is 0. The molecular formula is C50H31N4OPt-3. The zero-order valence-corrected chi connectivity index (χ0v) is 32.2. The topological polar surface area (TPSA) is 33.5 Å². The third kappa shape index (κ3) is 4.80. The average Bonchev–Trinajstić information content (AvgIpc) is 3.80. The summed E-state index contributed by atoms with van der Waals surface area (Å²) in [4.78, 5) is 9.56. The van der Waals surface area contributed by atoms with Gasteiger partial charge in [0.2, 0.25) is 0 Å². The number of aromatic nitrogens is 2. The fraction of sp³-hybridized carbons (Fsp3) is 0.0400. The first kappa shape index (κ1) is 33.0. The molecule has 0 saturated carbocycles. The SMILES string of the molecule is [Pt].[c-]1c(Oc2[c-]c3c(cc2)c2ccccc2n3-c2nccc3c2C2c4ccccc4C3c3ccccc32)cccc1N1[CH-]N(c2ccccc2)c2ccccc21. The van der Waals surface area contributed by atoms with E-state index in [0.29, 0.717) is 11.5 Å².